The van der Waals surface area contributed by atoms with Gasteiger partial charge < -0.3 is 10.0 Å². The van der Waals surface area contributed by atoms with E-state index < -0.39 is 7.12 Å². The third-order valence-corrected chi connectivity index (χ3v) is 3.04. The number of hydrogen-bond acceptors (Lipinski definition) is 5. The molecule has 0 saturated carbocycles. The van der Waals surface area contributed by atoms with E-state index in [1.54, 1.807) is 24.3 Å². The molecule has 0 fully saturated rings. The minimum absolute atomic E-state index is 0.161. The molecule has 7 nitrogen and oxygen atoms in total. The highest BCUT2D eigenvalue weighted by Crippen LogP contribution is 2.00. The van der Waals surface area contributed by atoms with Crippen molar-refractivity contribution in [2.45, 2.75) is 6.54 Å². The molecule has 8 heteroatoms. The lowest BCUT2D eigenvalue weighted by Crippen LogP contribution is -2.35. The van der Waals surface area contributed by atoms with Gasteiger partial charge in [0.1, 0.15) is 0 Å². The molecule has 100 valence electrons. The molecule has 0 aliphatic carbocycles. The maximum absolute atomic E-state index is 12.1. The lowest BCUT2D eigenvalue weighted by atomic mass is 9.77. The van der Waals surface area contributed by atoms with Gasteiger partial charge in [0.15, 0.2) is 5.65 Å². The summed E-state index contributed by atoms with van der Waals surface area (Å²) in [6, 6.07) is 6.80. The monoisotopic (exact) mass is 270 g/mol. The van der Waals surface area contributed by atoms with Crippen molar-refractivity contribution >= 4 is 18.2 Å². The molecule has 2 heterocycles. The Balaban J connectivity index is 2.06. The van der Waals surface area contributed by atoms with Crippen LogP contribution in [-0.2, 0) is 6.54 Å². The first kappa shape index (κ1) is 12.6. The SMILES string of the molecule is O=c1n(Cc2ccccc2B(O)O)nc2cnccn12. The third kappa shape index (κ3) is 2.11. The lowest BCUT2D eigenvalue weighted by Gasteiger charge is -2.07. The molecule has 0 bridgehead atoms. The number of benzene rings is 1. The number of aromatic nitrogens is 4. The highest BCUT2D eigenvalue weighted by Gasteiger charge is 2.16. The van der Waals surface area contributed by atoms with Crippen LogP contribution in [0.2, 0.25) is 0 Å². The zero-order chi connectivity index (χ0) is 14.1. The maximum Gasteiger partial charge on any atom is 0.488 e. The van der Waals surface area contributed by atoms with Gasteiger partial charge in [-0.2, -0.15) is 0 Å². The number of fused-ring (bicyclic) bond motifs is 1. The standard InChI is InChI=1S/C12H11BN4O3/c18-12-16-6-5-14-7-11(16)15-17(12)8-9-3-1-2-4-10(9)13(19)20/h1-7,19-20H,8H2. The summed E-state index contributed by atoms with van der Waals surface area (Å²) in [5.41, 5.74) is 1.12. The van der Waals surface area contributed by atoms with E-state index in [4.69, 9.17) is 0 Å². The van der Waals surface area contributed by atoms with Crippen LogP contribution in [0.5, 0.6) is 0 Å². The van der Waals surface area contributed by atoms with E-state index in [1.807, 2.05) is 0 Å². The van der Waals surface area contributed by atoms with Crippen molar-refractivity contribution in [3.63, 3.8) is 0 Å². The Morgan fingerprint density at radius 2 is 2.05 bits per heavy atom. The van der Waals surface area contributed by atoms with Crippen molar-refractivity contribution in [3.8, 4) is 0 Å². The van der Waals surface area contributed by atoms with Gasteiger partial charge in [0.25, 0.3) is 0 Å². The Kier molecular flexibility index (Phi) is 3.09. The second kappa shape index (κ2) is 4.91. The summed E-state index contributed by atoms with van der Waals surface area (Å²) in [7, 11) is -1.58. The molecule has 0 atom stereocenters. The van der Waals surface area contributed by atoms with E-state index in [-0.39, 0.29) is 12.2 Å². The highest BCUT2D eigenvalue weighted by atomic mass is 16.4. The topological polar surface area (TPSA) is 92.7 Å². The van der Waals surface area contributed by atoms with Gasteiger partial charge >= 0.3 is 12.8 Å². The van der Waals surface area contributed by atoms with Gasteiger partial charge in [0.2, 0.25) is 0 Å². The van der Waals surface area contributed by atoms with Crippen LogP contribution in [0, 0.1) is 0 Å². The quantitative estimate of drug-likeness (QED) is 0.572. The maximum atomic E-state index is 12.1. The lowest BCUT2D eigenvalue weighted by molar-refractivity contribution is 0.425. The van der Waals surface area contributed by atoms with Crippen LogP contribution in [0.15, 0.2) is 47.7 Å². The molecule has 3 aromatic rings. The molecular formula is C12H11BN4O3. The van der Waals surface area contributed by atoms with Gasteiger partial charge in [-0.25, -0.2) is 13.9 Å². The Labute approximate surface area is 113 Å². The first-order valence-electron chi connectivity index (χ1n) is 6.00. The summed E-state index contributed by atoms with van der Waals surface area (Å²) in [5, 5.41) is 22.8. The fourth-order valence-electron chi connectivity index (χ4n) is 2.07. The number of nitrogens with zero attached hydrogens (tertiary/aromatic N) is 4. The zero-order valence-corrected chi connectivity index (χ0v) is 10.4. The van der Waals surface area contributed by atoms with E-state index in [1.165, 1.54) is 27.7 Å². The van der Waals surface area contributed by atoms with Crippen LogP contribution in [0.25, 0.3) is 5.65 Å². The highest BCUT2D eigenvalue weighted by molar-refractivity contribution is 6.59. The first-order chi connectivity index (χ1) is 9.66. The number of hydrogen-bond donors (Lipinski definition) is 2. The fraction of sp³-hybridized carbons (Fsp3) is 0.0833. The zero-order valence-electron chi connectivity index (χ0n) is 10.4. The Morgan fingerprint density at radius 1 is 1.25 bits per heavy atom. The van der Waals surface area contributed by atoms with Crippen LogP contribution < -0.4 is 11.2 Å². The molecule has 20 heavy (non-hydrogen) atoms. The van der Waals surface area contributed by atoms with Crippen molar-refractivity contribution < 1.29 is 10.0 Å². The van der Waals surface area contributed by atoms with Crippen molar-refractivity contribution in [2.24, 2.45) is 0 Å². The van der Waals surface area contributed by atoms with Gasteiger partial charge in [-0.1, -0.05) is 24.3 Å². The Morgan fingerprint density at radius 3 is 2.80 bits per heavy atom. The van der Waals surface area contributed by atoms with Crippen LogP contribution in [-0.4, -0.2) is 36.3 Å². The van der Waals surface area contributed by atoms with Gasteiger partial charge in [-0.3, -0.25) is 4.98 Å². The predicted molar refractivity (Wildman–Crippen MR) is 72.6 cm³/mol. The van der Waals surface area contributed by atoms with Crippen LogP contribution >= 0.6 is 0 Å². The molecule has 0 spiro atoms. The minimum Gasteiger partial charge on any atom is -0.423 e. The van der Waals surface area contributed by atoms with Crippen molar-refractivity contribution in [1.29, 1.82) is 0 Å². The van der Waals surface area contributed by atoms with Gasteiger partial charge in [-0.15, -0.1) is 5.10 Å². The van der Waals surface area contributed by atoms with Gasteiger partial charge in [0, 0.05) is 12.4 Å². The summed E-state index contributed by atoms with van der Waals surface area (Å²) in [6.45, 7) is 0.161. The molecule has 0 aliphatic rings. The smallest absolute Gasteiger partial charge is 0.423 e. The molecule has 0 radical (unpaired) electrons. The van der Waals surface area contributed by atoms with Gasteiger partial charge in [0.05, 0.1) is 12.7 Å². The predicted octanol–water partition coefficient (Wildman–Crippen LogP) is -1.38. The van der Waals surface area contributed by atoms with Gasteiger partial charge in [-0.05, 0) is 11.0 Å². The van der Waals surface area contributed by atoms with Crippen LogP contribution in [0.4, 0.5) is 0 Å². The second-order valence-corrected chi connectivity index (χ2v) is 4.32. The van der Waals surface area contributed by atoms with Crippen molar-refractivity contribution in [3.05, 3.63) is 58.9 Å². The summed E-state index contributed by atoms with van der Waals surface area (Å²) >= 11 is 0. The summed E-state index contributed by atoms with van der Waals surface area (Å²) in [5.74, 6) is 0. The summed E-state index contributed by atoms with van der Waals surface area (Å²) in [6.07, 6.45) is 4.53. The minimum atomic E-state index is -1.58. The summed E-state index contributed by atoms with van der Waals surface area (Å²) < 4.78 is 2.64. The third-order valence-electron chi connectivity index (χ3n) is 3.04. The molecule has 0 unspecified atom stereocenters. The second-order valence-electron chi connectivity index (χ2n) is 4.32. The van der Waals surface area contributed by atoms with E-state index in [0.29, 0.717) is 16.7 Å². The van der Waals surface area contributed by atoms with E-state index in [9.17, 15) is 14.8 Å². The molecule has 3 rings (SSSR count). The van der Waals surface area contributed by atoms with Crippen molar-refractivity contribution in [2.75, 3.05) is 0 Å². The van der Waals surface area contributed by atoms with E-state index >= 15 is 0 Å². The van der Waals surface area contributed by atoms with E-state index in [2.05, 4.69) is 10.1 Å². The van der Waals surface area contributed by atoms with E-state index in [0.717, 1.165) is 0 Å². The summed E-state index contributed by atoms with van der Waals surface area (Å²) in [4.78, 5) is 16.0. The average molecular weight is 270 g/mol. The normalized spacial score (nSPS) is 10.9. The molecule has 0 saturated heterocycles. The Hall–Kier alpha value is -2.45. The molecule has 0 aliphatic heterocycles. The average Bonchev–Trinajstić information content (AvgIpc) is 2.76. The Bertz CT molecular complexity index is 812. The fourth-order valence-corrected chi connectivity index (χ4v) is 2.07. The number of rotatable bonds is 3. The molecular weight excluding hydrogens is 259 g/mol. The van der Waals surface area contributed by atoms with Crippen LogP contribution in [0.1, 0.15) is 5.56 Å². The largest absolute Gasteiger partial charge is 0.488 e. The van der Waals surface area contributed by atoms with Crippen LogP contribution in [0.3, 0.4) is 0 Å². The molecule has 2 aromatic heterocycles. The molecule has 0 amide bonds. The molecule has 1 aromatic carbocycles. The first-order valence-corrected chi connectivity index (χ1v) is 6.00. The molecule has 2 N–H and O–H groups in total. The van der Waals surface area contributed by atoms with Crippen molar-refractivity contribution in [1.82, 2.24) is 19.2 Å².